The van der Waals surface area contributed by atoms with Gasteiger partial charge in [-0.05, 0) is 19.1 Å². The number of aryl methyl sites for hydroxylation is 1. The van der Waals surface area contributed by atoms with Crippen LogP contribution in [-0.4, -0.2) is 42.6 Å². The molecule has 2 aromatic heterocycles. The van der Waals surface area contributed by atoms with Crippen molar-refractivity contribution in [2.24, 2.45) is 7.05 Å². The molecule has 0 bridgehead atoms. The fourth-order valence-corrected chi connectivity index (χ4v) is 2.33. The number of likely N-dealkylation sites (N-methyl/N-ethyl adjacent to an activating group) is 1. The maximum absolute atomic E-state index is 12.4. The Morgan fingerprint density at radius 1 is 1.32 bits per heavy atom. The minimum absolute atomic E-state index is 0.0149. The second-order valence-electron chi connectivity index (χ2n) is 5.36. The molecule has 0 fully saturated rings. The lowest BCUT2D eigenvalue weighted by molar-refractivity contribution is -0.131. The summed E-state index contributed by atoms with van der Waals surface area (Å²) in [5.41, 5.74) is 3.76. The fraction of sp³-hybridized carbons (Fsp3) is 0.333. The van der Waals surface area contributed by atoms with Crippen LogP contribution < -0.4 is 0 Å². The van der Waals surface area contributed by atoms with E-state index < -0.39 is 0 Å². The lowest BCUT2D eigenvalue weighted by atomic mass is 10.2. The predicted molar refractivity (Wildman–Crippen MR) is 81.9 cm³/mol. The summed E-state index contributed by atoms with van der Waals surface area (Å²) in [5.74, 6) is -0.0149. The third-order valence-corrected chi connectivity index (χ3v) is 3.88. The summed E-state index contributed by atoms with van der Waals surface area (Å²) >= 11 is 0. The molecule has 7 heteroatoms. The average Bonchev–Trinajstić information content (AvgIpc) is 3.06. The van der Waals surface area contributed by atoms with Crippen molar-refractivity contribution in [3.05, 3.63) is 41.7 Å². The number of rotatable bonds is 4. The number of amides is 1. The average molecular weight is 298 g/mol. The van der Waals surface area contributed by atoms with Gasteiger partial charge in [-0.3, -0.25) is 9.48 Å². The SMILES string of the molecule is Cc1c(CN(C)C(=O)Cn2nnc3ccccc32)cnn1C. The lowest BCUT2D eigenvalue weighted by Gasteiger charge is -2.17. The summed E-state index contributed by atoms with van der Waals surface area (Å²) in [6, 6.07) is 7.61. The Bertz CT molecular complexity index is 818. The first-order valence-electron chi connectivity index (χ1n) is 7.06. The van der Waals surface area contributed by atoms with E-state index in [1.807, 2.05) is 38.2 Å². The first-order chi connectivity index (χ1) is 10.6. The van der Waals surface area contributed by atoms with Crippen molar-refractivity contribution in [3.63, 3.8) is 0 Å². The number of benzene rings is 1. The molecular formula is C15H18N6O. The molecule has 0 atom stereocenters. The molecule has 114 valence electrons. The zero-order chi connectivity index (χ0) is 15.7. The Balaban J connectivity index is 1.72. The molecule has 2 heterocycles. The number of carbonyl (C=O) groups is 1. The molecule has 0 aliphatic heterocycles. The van der Waals surface area contributed by atoms with Crippen molar-refractivity contribution in [1.29, 1.82) is 0 Å². The van der Waals surface area contributed by atoms with E-state index in [-0.39, 0.29) is 12.5 Å². The third kappa shape index (κ3) is 2.57. The molecule has 22 heavy (non-hydrogen) atoms. The second-order valence-corrected chi connectivity index (χ2v) is 5.36. The van der Waals surface area contributed by atoms with E-state index in [1.54, 1.807) is 27.5 Å². The minimum Gasteiger partial charge on any atom is -0.340 e. The molecule has 0 radical (unpaired) electrons. The van der Waals surface area contributed by atoms with Crippen LogP contribution in [0.15, 0.2) is 30.5 Å². The van der Waals surface area contributed by atoms with Crippen molar-refractivity contribution < 1.29 is 4.79 Å². The minimum atomic E-state index is -0.0149. The molecule has 0 spiro atoms. The van der Waals surface area contributed by atoms with Crippen LogP contribution in [0.3, 0.4) is 0 Å². The predicted octanol–water partition coefficient (Wildman–Crippen LogP) is 1.13. The van der Waals surface area contributed by atoms with Gasteiger partial charge in [0.1, 0.15) is 12.1 Å². The number of aromatic nitrogens is 5. The molecule has 1 aromatic carbocycles. The summed E-state index contributed by atoms with van der Waals surface area (Å²) in [5, 5.41) is 12.3. The van der Waals surface area contributed by atoms with Gasteiger partial charge in [0.2, 0.25) is 5.91 Å². The molecule has 0 saturated carbocycles. The van der Waals surface area contributed by atoms with Crippen molar-refractivity contribution in [2.45, 2.75) is 20.0 Å². The van der Waals surface area contributed by atoms with Gasteiger partial charge in [0.05, 0.1) is 11.7 Å². The Morgan fingerprint density at radius 2 is 2.09 bits per heavy atom. The number of hydrogen-bond acceptors (Lipinski definition) is 4. The summed E-state index contributed by atoms with van der Waals surface area (Å²) in [6.07, 6.45) is 1.80. The lowest BCUT2D eigenvalue weighted by Crippen LogP contribution is -2.30. The van der Waals surface area contributed by atoms with E-state index in [1.165, 1.54) is 0 Å². The highest BCUT2D eigenvalue weighted by molar-refractivity contribution is 5.79. The smallest absolute Gasteiger partial charge is 0.244 e. The Labute approximate surface area is 128 Å². The molecule has 0 saturated heterocycles. The van der Waals surface area contributed by atoms with Gasteiger partial charge in [0, 0.05) is 31.9 Å². The van der Waals surface area contributed by atoms with E-state index in [2.05, 4.69) is 15.4 Å². The highest BCUT2D eigenvalue weighted by atomic mass is 16.2. The van der Waals surface area contributed by atoms with E-state index in [0.29, 0.717) is 6.54 Å². The van der Waals surface area contributed by atoms with Crippen LogP contribution in [0, 0.1) is 6.92 Å². The van der Waals surface area contributed by atoms with Gasteiger partial charge in [0.25, 0.3) is 0 Å². The van der Waals surface area contributed by atoms with Crippen molar-refractivity contribution in [1.82, 2.24) is 29.7 Å². The van der Waals surface area contributed by atoms with Crippen LogP contribution in [0.4, 0.5) is 0 Å². The number of carbonyl (C=O) groups excluding carboxylic acids is 1. The van der Waals surface area contributed by atoms with Gasteiger partial charge in [0.15, 0.2) is 0 Å². The van der Waals surface area contributed by atoms with Crippen molar-refractivity contribution >= 4 is 16.9 Å². The van der Waals surface area contributed by atoms with Crippen LogP contribution >= 0.6 is 0 Å². The zero-order valence-electron chi connectivity index (χ0n) is 12.9. The first-order valence-corrected chi connectivity index (χ1v) is 7.06. The molecule has 3 rings (SSSR count). The van der Waals surface area contributed by atoms with Crippen molar-refractivity contribution in [3.8, 4) is 0 Å². The molecule has 0 N–H and O–H groups in total. The monoisotopic (exact) mass is 298 g/mol. The van der Waals surface area contributed by atoms with Crippen molar-refractivity contribution in [2.75, 3.05) is 7.05 Å². The molecule has 0 aliphatic rings. The summed E-state index contributed by atoms with van der Waals surface area (Å²) in [7, 11) is 3.68. The maximum Gasteiger partial charge on any atom is 0.244 e. The standard InChI is InChI=1S/C15H18N6O/c1-11-12(8-16-20(11)3)9-19(2)15(22)10-21-14-7-5-4-6-13(14)17-18-21/h4-8H,9-10H2,1-3H3. The number of nitrogens with zero attached hydrogens (tertiary/aromatic N) is 6. The quantitative estimate of drug-likeness (QED) is 0.724. The van der Waals surface area contributed by atoms with Crippen LogP contribution in [0.2, 0.25) is 0 Å². The molecule has 7 nitrogen and oxygen atoms in total. The van der Waals surface area contributed by atoms with Crippen LogP contribution in [0.5, 0.6) is 0 Å². The normalized spacial score (nSPS) is 11.0. The molecule has 0 aliphatic carbocycles. The topological polar surface area (TPSA) is 68.8 Å². The van der Waals surface area contributed by atoms with Gasteiger partial charge < -0.3 is 4.90 Å². The summed E-state index contributed by atoms with van der Waals surface area (Å²) < 4.78 is 3.43. The molecule has 3 aromatic rings. The van der Waals surface area contributed by atoms with Crippen LogP contribution in [0.1, 0.15) is 11.3 Å². The van der Waals surface area contributed by atoms with Gasteiger partial charge >= 0.3 is 0 Å². The summed E-state index contributed by atoms with van der Waals surface area (Å²) in [4.78, 5) is 14.1. The Morgan fingerprint density at radius 3 is 2.82 bits per heavy atom. The van der Waals surface area contributed by atoms with E-state index in [9.17, 15) is 4.79 Å². The van der Waals surface area contributed by atoms with E-state index >= 15 is 0 Å². The Hall–Kier alpha value is -2.70. The van der Waals surface area contributed by atoms with Crippen LogP contribution in [-0.2, 0) is 24.9 Å². The van der Waals surface area contributed by atoms with Gasteiger partial charge in [-0.15, -0.1) is 5.10 Å². The fourth-order valence-electron chi connectivity index (χ4n) is 2.33. The van der Waals surface area contributed by atoms with E-state index in [4.69, 9.17) is 0 Å². The number of hydrogen-bond donors (Lipinski definition) is 0. The van der Waals surface area contributed by atoms with Gasteiger partial charge in [-0.2, -0.15) is 5.10 Å². The van der Waals surface area contributed by atoms with E-state index in [0.717, 1.165) is 22.3 Å². The summed E-state index contributed by atoms with van der Waals surface area (Å²) in [6.45, 7) is 2.70. The molecule has 0 unspecified atom stereocenters. The Kier molecular flexibility index (Phi) is 3.62. The van der Waals surface area contributed by atoms with Gasteiger partial charge in [-0.1, -0.05) is 17.3 Å². The third-order valence-electron chi connectivity index (χ3n) is 3.88. The number of fused-ring (bicyclic) bond motifs is 1. The largest absolute Gasteiger partial charge is 0.340 e. The highest BCUT2D eigenvalue weighted by Crippen LogP contribution is 2.11. The highest BCUT2D eigenvalue weighted by Gasteiger charge is 2.15. The van der Waals surface area contributed by atoms with Crippen LogP contribution in [0.25, 0.3) is 11.0 Å². The first kappa shape index (κ1) is 14.2. The zero-order valence-corrected chi connectivity index (χ0v) is 12.9. The molecule has 1 amide bonds. The molecular weight excluding hydrogens is 280 g/mol. The maximum atomic E-state index is 12.4. The van der Waals surface area contributed by atoms with Gasteiger partial charge in [-0.25, -0.2) is 4.68 Å². The second kappa shape index (κ2) is 5.59. The number of para-hydroxylation sites is 1.